The molecule has 2 aromatic rings. The van der Waals surface area contributed by atoms with Crippen LogP contribution in [0.5, 0.6) is 5.75 Å². The van der Waals surface area contributed by atoms with Crippen molar-refractivity contribution >= 4 is 27.4 Å². The van der Waals surface area contributed by atoms with Crippen LogP contribution >= 0.6 is 0 Å². The molecule has 1 N–H and O–H groups in total. The van der Waals surface area contributed by atoms with Crippen molar-refractivity contribution in [2.24, 2.45) is 0 Å². The van der Waals surface area contributed by atoms with Gasteiger partial charge in [-0.1, -0.05) is 36.4 Å². The molecule has 3 rings (SSSR count). The highest BCUT2D eigenvalue weighted by molar-refractivity contribution is 7.89. The Morgan fingerprint density at radius 1 is 1.04 bits per heavy atom. The molecular formula is C17H12N2O6S. The van der Waals surface area contributed by atoms with E-state index in [0.29, 0.717) is 5.56 Å². The molecule has 1 aliphatic carbocycles. The zero-order valence-electron chi connectivity index (χ0n) is 13.2. The van der Waals surface area contributed by atoms with Gasteiger partial charge in [-0.3, -0.25) is 13.8 Å². The number of phenolic OH excluding ortho intramolecular Hbond substituents is 1. The highest BCUT2D eigenvalue weighted by atomic mass is 32.2. The predicted molar refractivity (Wildman–Crippen MR) is 89.3 cm³/mol. The van der Waals surface area contributed by atoms with Crippen molar-refractivity contribution in [3.05, 3.63) is 70.8 Å². The highest BCUT2D eigenvalue weighted by Gasteiger charge is 2.52. The van der Waals surface area contributed by atoms with E-state index in [9.17, 15) is 23.1 Å². The predicted octanol–water partition coefficient (Wildman–Crippen LogP) is 1.36. The smallest absolute Gasteiger partial charge is 0.367 e. The molecule has 0 amide bonds. The van der Waals surface area contributed by atoms with E-state index < -0.39 is 39.3 Å². The summed E-state index contributed by atoms with van der Waals surface area (Å²) in [7, 11) is -4.60. The largest absolute Gasteiger partial charge is 0.508 e. The van der Waals surface area contributed by atoms with Crippen molar-refractivity contribution in [1.82, 2.24) is 0 Å². The number of ketones is 2. The van der Waals surface area contributed by atoms with Crippen LogP contribution in [0.4, 0.5) is 0 Å². The van der Waals surface area contributed by atoms with Gasteiger partial charge >= 0.3 is 5.71 Å². The maximum Gasteiger partial charge on any atom is 0.367 e. The van der Waals surface area contributed by atoms with Gasteiger partial charge in [0.15, 0.2) is 5.78 Å². The van der Waals surface area contributed by atoms with E-state index in [4.69, 9.17) is 9.71 Å². The van der Waals surface area contributed by atoms with Crippen LogP contribution in [-0.4, -0.2) is 40.8 Å². The average molecular weight is 372 g/mol. The number of benzene rings is 2. The molecule has 0 spiro atoms. The van der Waals surface area contributed by atoms with E-state index in [1.54, 1.807) is 0 Å². The topological polar surface area (TPSA) is 134 Å². The van der Waals surface area contributed by atoms with Crippen LogP contribution in [0.1, 0.15) is 26.3 Å². The second kappa shape index (κ2) is 6.64. The Balaban J connectivity index is 1.95. The Hall–Kier alpha value is -3.13. The minimum absolute atomic E-state index is 0.00373. The molecule has 26 heavy (non-hydrogen) atoms. The molecule has 1 unspecified atom stereocenters. The Kier molecular flexibility index (Phi) is 4.52. The standard InChI is InChI=1S/C17H12N2O6S/c18-19-14-15(21)12-3-1-2-4-13(12)16(22)17(14)26(23,24)25-9-10-5-7-11(20)8-6-10/h1-8,17,20H,9H2. The number of phenols is 1. The lowest BCUT2D eigenvalue weighted by molar-refractivity contribution is -0.00882. The highest BCUT2D eigenvalue weighted by Crippen LogP contribution is 2.25. The quantitative estimate of drug-likeness (QED) is 0.489. The maximum atomic E-state index is 12.6. The lowest BCUT2D eigenvalue weighted by atomic mass is 9.88. The fourth-order valence-corrected chi connectivity index (χ4v) is 3.85. The Bertz CT molecular complexity index is 1050. The number of fused-ring (bicyclic) bond motifs is 1. The molecule has 8 nitrogen and oxygen atoms in total. The molecule has 0 aromatic heterocycles. The lowest BCUT2D eigenvalue weighted by Crippen LogP contribution is -2.47. The van der Waals surface area contributed by atoms with Gasteiger partial charge in [0.2, 0.25) is 0 Å². The Morgan fingerprint density at radius 2 is 1.65 bits per heavy atom. The molecule has 0 saturated heterocycles. The molecule has 132 valence electrons. The van der Waals surface area contributed by atoms with E-state index in [-0.39, 0.29) is 16.9 Å². The fourth-order valence-electron chi connectivity index (χ4n) is 2.59. The van der Waals surface area contributed by atoms with E-state index in [1.807, 2.05) is 0 Å². The van der Waals surface area contributed by atoms with Gasteiger partial charge in [0.25, 0.3) is 21.2 Å². The summed E-state index contributed by atoms with van der Waals surface area (Å²) in [5.41, 5.74) is 8.63. The fraction of sp³-hybridized carbons (Fsp3) is 0.118. The first kappa shape index (κ1) is 17.7. The first-order valence-corrected chi connectivity index (χ1v) is 8.88. The van der Waals surface area contributed by atoms with Crippen molar-refractivity contribution in [2.75, 3.05) is 0 Å². The molecule has 0 saturated carbocycles. The van der Waals surface area contributed by atoms with Crippen LogP contribution < -0.4 is 0 Å². The third-order valence-corrected chi connectivity index (χ3v) is 5.34. The van der Waals surface area contributed by atoms with Crippen molar-refractivity contribution in [3.63, 3.8) is 0 Å². The van der Waals surface area contributed by atoms with E-state index >= 15 is 0 Å². The van der Waals surface area contributed by atoms with Gasteiger partial charge in [0, 0.05) is 11.1 Å². The normalized spacial score (nSPS) is 16.9. The van der Waals surface area contributed by atoms with Crippen LogP contribution in [0.3, 0.4) is 0 Å². The minimum atomic E-state index is -4.60. The lowest BCUT2D eigenvalue weighted by Gasteiger charge is -2.18. The summed E-state index contributed by atoms with van der Waals surface area (Å²) < 4.78 is 29.9. The van der Waals surface area contributed by atoms with Gasteiger partial charge in [0.05, 0.1) is 6.61 Å². The van der Waals surface area contributed by atoms with Gasteiger partial charge in [-0.15, -0.1) is 0 Å². The molecule has 0 aliphatic heterocycles. The van der Waals surface area contributed by atoms with Gasteiger partial charge in [-0.05, 0) is 17.7 Å². The van der Waals surface area contributed by atoms with Crippen LogP contribution in [0.15, 0.2) is 48.5 Å². The Morgan fingerprint density at radius 3 is 2.27 bits per heavy atom. The third-order valence-electron chi connectivity index (χ3n) is 3.88. The number of Topliss-reactive ketones (excluding diaryl/α,β-unsaturated/α-hetero) is 2. The molecule has 0 radical (unpaired) electrons. The zero-order chi connectivity index (χ0) is 18.9. The summed E-state index contributed by atoms with van der Waals surface area (Å²) in [6, 6.07) is 11.2. The number of rotatable bonds is 4. The van der Waals surface area contributed by atoms with Crippen molar-refractivity contribution < 1.29 is 32.1 Å². The number of carbonyl (C=O) groups is 2. The molecule has 1 aliphatic rings. The molecule has 2 aromatic carbocycles. The Labute approximate surface area is 148 Å². The van der Waals surface area contributed by atoms with Crippen molar-refractivity contribution in [1.29, 1.82) is 0 Å². The molecule has 9 heteroatoms. The zero-order valence-corrected chi connectivity index (χ0v) is 14.0. The molecule has 0 heterocycles. The number of aromatic hydroxyl groups is 1. The first-order valence-electron chi connectivity index (χ1n) is 7.41. The van der Waals surface area contributed by atoms with Crippen molar-refractivity contribution in [2.45, 2.75) is 11.9 Å². The minimum Gasteiger partial charge on any atom is -0.508 e. The van der Waals surface area contributed by atoms with E-state index in [1.165, 1.54) is 48.5 Å². The molecular weight excluding hydrogens is 360 g/mol. The second-order valence-corrected chi connectivity index (χ2v) is 7.22. The molecule has 0 bridgehead atoms. The van der Waals surface area contributed by atoms with Crippen LogP contribution in [-0.2, 0) is 20.9 Å². The summed E-state index contributed by atoms with van der Waals surface area (Å²) >= 11 is 0. The monoisotopic (exact) mass is 372 g/mol. The van der Waals surface area contributed by atoms with Crippen LogP contribution in [0.2, 0.25) is 0 Å². The maximum absolute atomic E-state index is 12.6. The van der Waals surface area contributed by atoms with E-state index in [2.05, 4.69) is 4.79 Å². The second-order valence-electron chi connectivity index (χ2n) is 5.53. The van der Waals surface area contributed by atoms with Gasteiger partial charge in [-0.25, -0.2) is 0 Å². The summed E-state index contributed by atoms with van der Waals surface area (Å²) in [6.07, 6.45) is 0. The first-order chi connectivity index (χ1) is 12.3. The summed E-state index contributed by atoms with van der Waals surface area (Å²) in [4.78, 5) is 27.7. The molecule has 1 atom stereocenters. The number of nitrogens with zero attached hydrogens (tertiary/aromatic N) is 2. The van der Waals surface area contributed by atoms with Crippen molar-refractivity contribution in [3.8, 4) is 5.75 Å². The number of hydrogen-bond donors (Lipinski definition) is 1. The van der Waals surface area contributed by atoms with E-state index in [0.717, 1.165) is 0 Å². The average Bonchev–Trinajstić information content (AvgIpc) is 2.64. The molecule has 0 fully saturated rings. The van der Waals surface area contributed by atoms with Crippen LogP contribution in [0, 0.1) is 0 Å². The summed E-state index contributed by atoms with van der Waals surface area (Å²) in [5, 5.41) is 7.18. The summed E-state index contributed by atoms with van der Waals surface area (Å²) in [5.74, 6) is -1.76. The van der Waals surface area contributed by atoms with Gasteiger partial charge in [0.1, 0.15) is 5.75 Å². The summed E-state index contributed by atoms with van der Waals surface area (Å²) in [6.45, 7) is -0.416. The van der Waals surface area contributed by atoms with Gasteiger partial charge < -0.3 is 10.6 Å². The van der Waals surface area contributed by atoms with Crippen LogP contribution in [0.25, 0.3) is 5.53 Å². The third kappa shape index (κ3) is 3.06. The number of hydrogen-bond acceptors (Lipinski definition) is 6. The van der Waals surface area contributed by atoms with Gasteiger partial charge in [-0.2, -0.15) is 13.2 Å². The number of carbonyl (C=O) groups excluding carboxylic acids is 2. The SMILES string of the molecule is [N-]=[N+]=C1C(=O)c2ccccc2C(=O)C1S(=O)(=O)OCc1ccc(O)cc1.